The second kappa shape index (κ2) is 8.90. The minimum Gasteiger partial charge on any atom is -0.466 e. The van der Waals surface area contributed by atoms with E-state index in [0.29, 0.717) is 5.41 Å². The van der Waals surface area contributed by atoms with E-state index in [1.807, 2.05) is 19.1 Å². The van der Waals surface area contributed by atoms with Gasteiger partial charge in [0.2, 0.25) is 0 Å². The van der Waals surface area contributed by atoms with Crippen LogP contribution in [0.5, 0.6) is 0 Å². The van der Waals surface area contributed by atoms with Crippen LogP contribution in [0.4, 0.5) is 0 Å². The van der Waals surface area contributed by atoms with Crippen LogP contribution in [0.2, 0.25) is 0 Å². The maximum absolute atomic E-state index is 11.1. The first-order chi connectivity index (χ1) is 10.8. The molecule has 0 spiro atoms. The van der Waals surface area contributed by atoms with Crippen molar-refractivity contribution < 1.29 is 9.53 Å². The number of hydrogen-bond donors (Lipinski definition) is 0. The van der Waals surface area contributed by atoms with Crippen molar-refractivity contribution in [1.29, 1.82) is 0 Å². The molecule has 0 heterocycles. The number of ether oxygens (including phenoxy) is 1. The quantitative estimate of drug-likeness (QED) is 0.263. The van der Waals surface area contributed by atoms with Crippen LogP contribution in [0.3, 0.4) is 0 Å². The summed E-state index contributed by atoms with van der Waals surface area (Å²) in [7, 11) is 1.39. The Morgan fingerprint density at radius 2 is 2.00 bits per heavy atom. The zero-order chi connectivity index (χ0) is 17.5. The van der Waals surface area contributed by atoms with Crippen molar-refractivity contribution in [2.45, 2.75) is 66.7 Å². The van der Waals surface area contributed by atoms with Crippen LogP contribution < -0.4 is 0 Å². The van der Waals surface area contributed by atoms with Gasteiger partial charge in [0.15, 0.2) is 0 Å². The Morgan fingerprint density at radius 1 is 1.30 bits per heavy atom. The van der Waals surface area contributed by atoms with Crippen molar-refractivity contribution in [1.82, 2.24) is 0 Å². The first-order valence-corrected chi connectivity index (χ1v) is 8.55. The van der Waals surface area contributed by atoms with Gasteiger partial charge in [-0.3, -0.25) is 0 Å². The van der Waals surface area contributed by atoms with Gasteiger partial charge in [-0.15, -0.1) is 0 Å². The molecule has 0 amide bonds. The SMILES string of the molecule is COC(=O)/C=C(C)/C=C/C=C(\C)CCC1=C(C)CCCC1(C)C. The molecule has 0 N–H and O–H groups in total. The molecule has 0 saturated carbocycles. The highest BCUT2D eigenvalue weighted by Gasteiger charge is 2.27. The maximum atomic E-state index is 11.1. The van der Waals surface area contributed by atoms with Crippen molar-refractivity contribution in [2.24, 2.45) is 5.41 Å². The van der Waals surface area contributed by atoms with Crippen molar-refractivity contribution in [3.8, 4) is 0 Å². The molecular formula is C21H32O2. The van der Waals surface area contributed by atoms with E-state index in [2.05, 4.69) is 38.5 Å². The summed E-state index contributed by atoms with van der Waals surface area (Å²) in [6.45, 7) is 11.1. The van der Waals surface area contributed by atoms with Gasteiger partial charge in [0.25, 0.3) is 0 Å². The molecule has 0 saturated heterocycles. The van der Waals surface area contributed by atoms with E-state index in [0.717, 1.165) is 18.4 Å². The highest BCUT2D eigenvalue weighted by molar-refractivity contribution is 5.83. The molecule has 1 rings (SSSR count). The molecule has 2 nitrogen and oxygen atoms in total. The standard InChI is InChI=1S/C21H32O2/c1-16(9-7-10-17(2)15-20(22)23-6)12-13-19-18(3)11-8-14-21(19,4)5/h7,9-10,15H,8,11-14H2,1-6H3/b10-7+,16-9+,17-15+. The summed E-state index contributed by atoms with van der Waals surface area (Å²) in [5, 5.41) is 0. The summed E-state index contributed by atoms with van der Waals surface area (Å²) >= 11 is 0. The summed E-state index contributed by atoms with van der Waals surface area (Å²) in [5.41, 5.74) is 5.88. The van der Waals surface area contributed by atoms with Gasteiger partial charge >= 0.3 is 5.97 Å². The second-order valence-corrected chi connectivity index (χ2v) is 7.28. The fourth-order valence-corrected chi connectivity index (χ4v) is 3.29. The van der Waals surface area contributed by atoms with Crippen LogP contribution in [0, 0.1) is 5.41 Å². The molecule has 23 heavy (non-hydrogen) atoms. The minimum absolute atomic E-state index is 0.310. The molecule has 0 aromatic rings. The Balaban J connectivity index is 2.61. The predicted molar refractivity (Wildman–Crippen MR) is 98.2 cm³/mol. The summed E-state index contributed by atoms with van der Waals surface area (Å²) in [6.07, 6.45) is 13.7. The smallest absolute Gasteiger partial charge is 0.330 e. The molecule has 0 aromatic carbocycles. The molecular weight excluding hydrogens is 284 g/mol. The number of carbonyl (C=O) groups excluding carboxylic acids is 1. The average molecular weight is 316 g/mol. The lowest BCUT2D eigenvalue weighted by Crippen LogP contribution is -2.20. The third-order valence-corrected chi connectivity index (χ3v) is 4.74. The molecule has 0 radical (unpaired) electrons. The van der Waals surface area contributed by atoms with Gasteiger partial charge in [-0.25, -0.2) is 4.79 Å². The fraction of sp³-hybridized carbons (Fsp3) is 0.571. The van der Waals surface area contributed by atoms with Crippen molar-refractivity contribution in [3.05, 3.63) is 46.6 Å². The normalized spacial score (nSPS) is 19.4. The summed E-state index contributed by atoms with van der Waals surface area (Å²) in [5.74, 6) is -0.310. The van der Waals surface area contributed by atoms with E-state index in [-0.39, 0.29) is 5.97 Å². The average Bonchev–Trinajstić information content (AvgIpc) is 2.45. The van der Waals surface area contributed by atoms with Crippen molar-refractivity contribution in [3.63, 3.8) is 0 Å². The largest absolute Gasteiger partial charge is 0.466 e. The van der Waals surface area contributed by atoms with Crippen molar-refractivity contribution >= 4 is 5.97 Å². The molecule has 128 valence electrons. The summed E-state index contributed by atoms with van der Waals surface area (Å²) < 4.78 is 4.61. The van der Waals surface area contributed by atoms with Crippen LogP contribution in [0.15, 0.2) is 46.6 Å². The molecule has 0 aliphatic heterocycles. The van der Waals surface area contributed by atoms with Gasteiger partial charge in [-0.2, -0.15) is 0 Å². The minimum atomic E-state index is -0.310. The van der Waals surface area contributed by atoms with Gasteiger partial charge in [0.05, 0.1) is 7.11 Å². The number of rotatable bonds is 6. The third kappa shape index (κ3) is 6.60. The molecule has 0 atom stereocenters. The fourth-order valence-electron chi connectivity index (χ4n) is 3.29. The van der Waals surface area contributed by atoms with Crippen molar-refractivity contribution in [2.75, 3.05) is 7.11 Å². The van der Waals surface area contributed by atoms with Crippen LogP contribution in [-0.4, -0.2) is 13.1 Å². The molecule has 0 aromatic heterocycles. The van der Waals surface area contributed by atoms with E-state index in [9.17, 15) is 4.79 Å². The van der Waals surface area contributed by atoms with Crippen LogP contribution in [0.25, 0.3) is 0 Å². The summed E-state index contributed by atoms with van der Waals surface area (Å²) in [6, 6.07) is 0. The lowest BCUT2D eigenvalue weighted by molar-refractivity contribution is -0.134. The van der Waals surface area contributed by atoms with Gasteiger partial charge < -0.3 is 4.74 Å². The van der Waals surface area contributed by atoms with E-state index >= 15 is 0 Å². The zero-order valence-electron chi connectivity index (χ0n) is 15.7. The Labute approximate surface area is 142 Å². The van der Waals surface area contributed by atoms with Gasteiger partial charge in [-0.1, -0.05) is 48.8 Å². The van der Waals surface area contributed by atoms with E-state index < -0.39 is 0 Å². The highest BCUT2D eigenvalue weighted by atomic mass is 16.5. The molecule has 1 aliphatic carbocycles. The number of methoxy groups -OCH3 is 1. The topological polar surface area (TPSA) is 26.3 Å². The number of hydrogen-bond acceptors (Lipinski definition) is 2. The lowest BCUT2D eigenvalue weighted by Gasteiger charge is -2.34. The Kier molecular flexibility index (Phi) is 7.54. The van der Waals surface area contributed by atoms with Gasteiger partial charge in [0.1, 0.15) is 0 Å². The Bertz CT molecular complexity index is 542. The van der Waals surface area contributed by atoms with Crippen LogP contribution >= 0.6 is 0 Å². The molecule has 0 unspecified atom stereocenters. The number of carbonyl (C=O) groups is 1. The molecule has 0 bridgehead atoms. The van der Waals surface area contributed by atoms with E-state index in [4.69, 9.17) is 0 Å². The van der Waals surface area contributed by atoms with Crippen LogP contribution in [-0.2, 0) is 9.53 Å². The van der Waals surface area contributed by atoms with E-state index in [1.165, 1.54) is 38.0 Å². The van der Waals surface area contributed by atoms with Gasteiger partial charge in [0, 0.05) is 6.08 Å². The monoisotopic (exact) mass is 316 g/mol. The number of allylic oxidation sites excluding steroid dienone is 7. The predicted octanol–water partition coefficient (Wildman–Crippen LogP) is 5.92. The Hall–Kier alpha value is -1.57. The lowest BCUT2D eigenvalue weighted by atomic mass is 9.71. The molecule has 1 aliphatic rings. The first kappa shape index (κ1) is 19.5. The van der Waals surface area contributed by atoms with Gasteiger partial charge in [-0.05, 0) is 63.9 Å². The first-order valence-electron chi connectivity index (χ1n) is 8.55. The third-order valence-electron chi connectivity index (χ3n) is 4.74. The maximum Gasteiger partial charge on any atom is 0.330 e. The molecule has 0 fully saturated rings. The number of esters is 1. The second-order valence-electron chi connectivity index (χ2n) is 7.28. The highest BCUT2D eigenvalue weighted by Crippen LogP contribution is 2.42. The van der Waals surface area contributed by atoms with E-state index in [1.54, 1.807) is 11.1 Å². The summed E-state index contributed by atoms with van der Waals surface area (Å²) in [4.78, 5) is 11.1. The molecule has 2 heteroatoms. The van der Waals surface area contributed by atoms with Crippen LogP contribution in [0.1, 0.15) is 66.7 Å². The Morgan fingerprint density at radius 3 is 2.61 bits per heavy atom. The zero-order valence-corrected chi connectivity index (χ0v) is 15.7.